The number of benzene rings is 2. The predicted molar refractivity (Wildman–Crippen MR) is 112 cm³/mol. The van der Waals surface area contributed by atoms with Crippen LogP contribution in [0.3, 0.4) is 0 Å². The number of rotatable bonds is 4. The molecule has 0 aliphatic carbocycles. The maximum atomic E-state index is 13.6. The van der Waals surface area contributed by atoms with Crippen molar-refractivity contribution in [2.75, 3.05) is 13.7 Å². The van der Waals surface area contributed by atoms with Crippen molar-refractivity contribution in [2.24, 2.45) is 0 Å². The number of fused-ring (bicyclic) bond motifs is 1. The average molecular weight is 400 g/mol. The smallest absolute Gasteiger partial charge is 0.257 e. The molecule has 0 bridgehead atoms. The zero-order chi connectivity index (χ0) is 20.7. The standard InChI is InChI=1S/C22H20N6O2/c1-14-9-12-27(20(14)21-25-17-8-7-15(30-2)13-18(17)26-21)22(29)16-5-3-4-6-19(16)28-23-10-11-24-28/h3-8,10-11,13,20H,1,9,12H2,2H3,(H,25,26)/t20-/m0/s1. The molecule has 1 atom stereocenters. The largest absolute Gasteiger partial charge is 0.497 e. The Kier molecular flexibility index (Phi) is 4.31. The molecule has 1 aliphatic heterocycles. The number of amides is 1. The number of nitrogens with one attached hydrogen (secondary N) is 1. The Morgan fingerprint density at radius 3 is 2.80 bits per heavy atom. The van der Waals surface area contributed by atoms with Crippen LogP contribution >= 0.6 is 0 Å². The van der Waals surface area contributed by atoms with Crippen molar-refractivity contribution in [1.29, 1.82) is 0 Å². The minimum Gasteiger partial charge on any atom is -0.497 e. The van der Waals surface area contributed by atoms with Gasteiger partial charge in [0.2, 0.25) is 0 Å². The molecule has 2 aromatic heterocycles. The van der Waals surface area contributed by atoms with Crippen LogP contribution in [0.25, 0.3) is 16.7 Å². The molecular formula is C22H20N6O2. The fourth-order valence-corrected chi connectivity index (χ4v) is 3.90. The van der Waals surface area contributed by atoms with Crippen LogP contribution < -0.4 is 4.74 Å². The Hall–Kier alpha value is -3.94. The van der Waals surface area contributed by atoms with E-state index in [-0.39, 0.29) is 11.9 Å². The molecule has 2 aromatic carbocycles. The topological polar surface area (TPSA) is 88.9 Å². The van der Waals surface area contributed by atoms with Crippen LogP contribution in [0.2, 0.25) is 0 Å². The molecule has 5 rings (SSSR count). The fraction of sp³-hybridized carbons (Fsp3) is 0.182. The SMILES string of the molecule is C=C1CCN(C(=O)c2ccccc2-n2nccn2)[C@@H]1c1nc2ccc(OC)cc2[nH]1. The zero-order valence-electron chi connectivity index (χ0n) is 16.4. The second-order valence-corrected chi connectivity index (χ2v) is 7.15. The van der Waals surface area contributed by atoms with Crippen molar-refractivity contribution in [2.45, 2.75) is 12.5 Å². The Morgan fingerprint density at radius 1 is 1.20 bits per heavy atom. The lowest BCUT2D eigenvalue weighted by Crippen LogP contribution is -2.32. The van der Waals surface area contributed by atoms with Gasteiger partial charge in [0.15, 0.2) is 0 Å². The second kappa shape index (κ2) is 7.14. The highest BCUT2D eigenvalue weighted by molar-refractivity contribution is 5.98. The molecule has 1 saturated heterocycles. The van der Waals surface area contributed by atoms with E-state index in [0.717, 1.165) is 28.8 Å². The van der Waals surface area contributed by atoms with Gasteiger partial charge in [-0.05, 0) is 36.3 Å². The van der Waals surface area contributed by atoms with Gasteiger partial charge in [-0.2, -0.15) is 15.0 Å². The van der Waals surface area contributed by atoms with E-state index < -0.39 is 0 Å². The number of hydrogen-bond donors (Lipinski definition) is 1. The van der Waals surface area contributed by atoms with E-state index in [1.54, 1.807) is 30.5 Å². The number of nitrogens with zero attached hydrogens (tertiary/aromatic N) is 5. The normalized spacial score (nSPS) is 16.4. The second-order valence-electron chi connectivity index (χ2n) is 7.15. The molecule has 8 nitrogen and oxygen atoms in total. The highest BCUT2D eigenvalue weighted by Crippen LogP contribution is 2.37. The van der Waals surface area contributed by atoms with Crippen molar-refractivity contribution in [3.63, 3.8) is 0 Å². The Bertz CT molecular complexity index is 1240. The number of ether oxygens (including phenoxy) is 1. The summed E-state index contributed by atoms with van der Waals surface area (Å²) in [5, 5.41) is 8.36. The number of likely N-dealkylation sites (tertiary alicyclic amines) is 1. The van der Waals surface area contributed by atoms with Gasteiger partial charge in [0.05, 0.1) is 41.8 Å². The van der Waals surface area contributed by atoms with Crippen LogP contribution in [-0.4, -0.2) is 49.4 Å². The monoisotopic (exact) mass is 400 g/mol. The highest BCUT2D eigenvalue weighted by atomic mass is 16.5. The molecule has 30 heavy (non-hydrogen) atoms. The zero-order valence-corrected chi connectivity index (χ0v) is 16.4. The summed E-state index contributed by atoms with van der Waals surface area (Å²) in [5.74, 6) is 1.34. The van der Waals surface area contributed by atoms with Gasteiger partial charge in [-0.15, -0.1) is 0 Å². The Morgan fingerprint density at radius 2 is 2.00 bits per heavy atom. The van der Waals surface area contributed by atoms with Gasteiger partial charge < -0.3 is 14.6 Å². The van der Waals surface area contributed by atoms with Crippen molar-refractivity contribution < 1.29 is 9.53 Å². The molecule has 8 heteroatoms. The summed E-state index contributed by atoms with van der Waals surface area (Å²) in [6.45, 7) is 4.78. The molecular weight excluding hydrogens is 380 g/mol. The van der Waals surface area contributed by atoms with Gasteiger partial charge in [0, 0.05) is 12.6 Å². The number of imidazole rings is 1. The number of carbonyl (C=O) groups is 1. The van der Waals surface area contributed by atoms with Crippen LogP contribution in [0.4, 0.5) is 0 Å². The number of para-hydroxylation sites is 1. The highest BCUT2D eigenvalue weighted by Gasteiger charge is 2.36. The molecule has 1 aliphatic rings. The third-order valence-corrected chi connectivity index (χ3v) is 5.37. The minimum atomic E-state index is -0.325. The number of aromatic nitrogens is 5. The van der Waals surface area contributed by atoms with E-state index >= 15 is 0 Å². The van der Waals surface area contributed by atoms with Crippen molar-refractivity contribution in [1.82, 2.24) is 29.9 Å². The predicted octanol–water partition coefficient (Wildman–Crippen LogP) is 3.30. The molecule has 4 aromatic rings. The first-order valence-corrected chi connectivity index (χ1v) is 9.63. The Balaban J connectivity index is 1.54. The molecule has 3 heterocycles. The third kappa shape index (κ3) is 2.93. The summed E-state index contributed by atoms with van der Waals surface area (Å²) >= 11 is 0. The fourth-order valence-electron chi connectivity index (χ4n) is 3.90. The molecule has 0 saturated carbocycles. The number of carbonyl (C=O) groups excluding carboxylic acids is 1. The summed E-state index contributed by atoms with van der Waals surface area (Å²) in [6.07, 6.45) is 3.90. The number of hydrogen-bond acceptors (Lipinski definition) is 5. The van der Waals surface area contributed by atoms with Crippen LogP contribution in [0.5, 0.6) is 5.75 Å². The lowest BCUT2D eigenvalue weighted by atomic mass is 10.1. The molecule has 0 spiro atoms. The molecule has 150 valence electrons. The van der Waals surface area contributed by atoms with Gasteiger partial charge in [-0.1, -0.05) is 18.7 Å². The van der Waals surface area contributed by atoms with Crippen molar-refractivity contribution in [3.05, 3.63) is 78.4 Å². The van der Waals surface area contributed by atoms with Crippen molar-refractivity contribution in [3.8, 4) is 11.4 Å². The van der Waals surface area contributed by atoms with Gasteiger partial charge in [-0.3, -0.25) is 4.79 Å². The van der Waals surface area contributed by atoms with Crippen LogP contribution in [0.15, 0.2) is 67.0 Å². The maximum absolute atomic E-state index is 13.6. The first-order chi connectivity index (χ1) is 14.7. The van der Waals surface area contributed by atoms with Crippen molar-refractivity contribution >= 4 is 16.9 Å². The minimum absolute atomic E-state index is 0.107. The summed E-state index contributed by atoms with van der Waals surface area (Å²) < 4.78 is 5.30. The van der Waals surface area contributed by atoms with E-state index in [2.05, 4.69) is 21.8 Å². The summed E-state index contributed by atoms with van der Waals surface area (Å²) in [7, 11) is 1.63. The van der Waals surface area contributed by atoms with E-state index in [9.17, 15) is 4.79 Å². The summed E-state index contributed by atoms with van der Waals surface area (Å²) in [4.78, 5) is 24.9. The maximum Gasteiger partial charge on any atom is 0.257 e. The number of H-pyrrole nitrogens is 1. The first-order valence-electron chi connectivity index (χ1n) is 9.63. The Labute approximate surface area is 172 Å². The summed E-state index contributed by atoms with van der Waals surface area (Å²) in [6, 6.07) is 12.7. The average Bonchev–Trinajstić information content (AvgIpc) is 3.51. The molecule has 1 fully saturated rings. The molecule has 1 amide bonds. The number of methoxy groups -OCH3 is 1. The van der Waals surface area contributed by atoms with Crippen LogP contribution in [0.1, 0.15) is 28.6 Å². The van der Waals surface area contributed by atoms with Gasteiger partial charge >= 0.3 is 0 Å². The van der Waals surface area contributed by atoms with Gasteiger partial charge in [0.25, 0.3) is 5.91 Å². The summed E-state index contributed by atoms with van der Waals surface area (Å²) in [5.41, 5.74) is 3.80. The van der Waals surface area contributed by atoms with Gasteiger partial charge in [0.1, 0.15) is 17.6 Å². The van der Waals surface area contributed by atoms with E-state index in [1.807, 2.05) is 36.4 Å². The first kappa shape index (κ1) is 18.1. The van der Waals surface area contributed by atoms with E-state index in [1.165, 1.54) is 4.80 Å². The third-order valence-electron chi connectivity index (χ3n) is 5.37. The van der Waals surface area contributed by atoms with Crippen LogP contribution in [0, 0.1) is 0 Å². The van der Waals surface area contributed by atoms with Gasteiger partial charge in [-0.25, -0.2) is 4.98 Å². The number of aromatic amines is 1. The molecule has 1 N–H and O–H groups in total. The quantitative estimate of drug-likeness (QED) is 0.531. The molecule has 0 radical (unpaired) electrons. The lowest BCUT2D eigenvalue weighted by Gasteiger charge is -2.24. The van der Waals surface area contributed by atoms with Crippen LogP contribution in [-0.2, 0) is 0 Å². The lowest BCUT2D eigenvalue weighted by molar-refractivity contribution is 0.0741. The van der Waals surface area contributed by atoms with E-state index in [0.29, 0.717) is 23.6 Å². The van der Waals surface area contributed by atoms with E-state index in [4.69, 9.17) is 9.72 Å². The molecule has 0 unspecified atom stereocenters.